The molecule has 1 aliphatic rings. The van der Waals surface area contributed by atoms with Gasteiger partial charge in [-0.3, -0.25) is 10.1 Å². The Morgan fingerprint density at radius 1 is 1.59 bits per heavy atom. The second-order valence-corrected chi connectivity index (χ2v) is 4.90. The highest BCUT2D eigenvalue weighted by Crippen LogP contribution is 2.22. The standard InChI is InChI=1S/C12H24N2O3/c1-4-16-7-9(2)17-8-12(3,11(13)15)14-10-5-6-10/h9-10,14H,4-8H2,1-3H3,(H2,13,15). The minimum Gasteiger partial charge on any atom is -0.379 e. The SMILES string of the molecule is CCOCC(C)OCC(C)(NC1CC1)C(N)=O. The quantitative estimate of drug-likeness (QED) is 0.616. The average Bonchev–Trinajstić information content (AvgIpc) is 3.07. The van der Waals surface area contributed by atoms with Gasteiger partial charge < -0.3 is 15.2 Å². The third-order valence-corrected chi connectivity index (χ3v) is 2.86. The van der Waals surface area contributed by atoms with Crippen molar-refractivity contribution in [1.29, 1.82) is 0 Å². The Hall–Kier alpha value is -0.650. The highest BCUT2D eigenvalue weighted by molar-refractivity contribution is 5.84. The van der Waals surface area contributed by atoms with Gasteiger partial charge in [0.05, 0.1) is 19.3 Å². The van der Waals surface area contributed by atoms with Gasteiger partial charge in [0, 0.05) is 12.6 Å². The lowest BCUT2D eigenvalue weighted by Crippen LogP contribution is -2.57. The number of nitrogens with two attached hydrogens (primary N) is 1. The molecule has 5 heteroatoms. The first kappa shape index (κ1) is 14.4. The Labute approximate surface area is 103 Å². The Morgan fingerprint density at radius 2 is 2.24 bits per heavy atom. The zero-order valence-corrected chi connectivity index (χ0v) is 11.0. The fourth-order valence-corrected chi connectivity index (χ4v) is 1.50. The highest BCUT2D eigenvalue weighted by atomic mass is 16.5. The first-order chi connectivity index (χ1) is 7.98. The van der Waals surface area contributed by atoms with Crippen LogP contribution in [-0.2, 0) is 14.3 Å². The van der Waals surface area contributed by atoms with Crippen LogP contribution in [0.4, 0.5) is 0 Å². The number of ether oxygens (including phenoxy) is 2. The van der Waals surface area contributed by atoms with Crippen LogP contribution >= 0.6 is 0 Å². The molecule has 0 spiro atoms. The van der Waals surface area contributed by atoms with Crippen molar-refractivity contribution in [2.45, 2.75) is 51.3 Å². The molecule has 5 nitrogen and oxygen atoms in total. The van der Waals surface area contributed by atoms with Crippen molar-refractivity contribution in [2.75, 3.05) is 19.8 Å². The summed E-state index contributed by atoms with van der Waals surface area (Å²) in [4.78, 5) is 11.5. The molecule has 0 bridgehead atoms. The fraction of sp³-hybridized carbons (Fsp3) is 0.917. The number of carbonyl (C=O) groups excluding carboxylic acids is 1. The van der Waals surface area contributed by atoms with Gasteiger partial charge in [-0.05, 0) is 33.6 Å². The van der Waals surface area contributed by atoms with E-state index in [9.17, 15) is 4.79 Å². The first-order valence-electron chi connectivity index (χ1n) is 6.25. The summed E-state index contributed by atoms with van der Waals surface area (Å²) in [5.41, 5.74) is 4.64. The van der Waals surface area contributed by atoms with Crippen molar-refractivity contribution in [1.82, 2.24) is 5.32 Å². The Balaban J connectivity index is 2.35. The molecule has 0 heterocycles. The Kier molecular flexibility index (Phi) is 5.36. The number of nitrogens with one attached hydrogen (secondary N) is 1. The van der Waals surface area contributed by atoms with Crippen LogP contribution in [0.15, 0.2) is 0 Å². The zero-order valence-electron chi connectivity index (χ0n) is 11.0. The van der Waals surface area contributed by atoms with E-state index < -0.39 is 5.54 Å². The van der Waals surface area contributed by atoms with Crippen molar-refractivity contribution >= 4 is 5.91 Å². The molecule has 100 valence electrons. The maximum absolute atomic E-state index is 11.5. The van der Waals surface area contributed by atoms with Crippen molar-refractivity contribution in [2.24, 2.45) is 5.73 Å². The molecule has 0 aromatic carbocycles. The van der Waals surface area contributed by atoms with E-state index >= 15 is 0 Å². The van der Waals surface area contributed by atoms with E-state index in [0.717, 1.165) is 12.8 Å². The number of rotatable bonds is 9. The lowest BCUT2D eigenvalue weighted by atomic mass is 10.0. The molecule has 17 heavy (non-hydrogen) atoms. The molecule has 2 atom stereocenters. The number of amides is 1. The van der Waals surface area contributed by atoms with Crippen LogP contribution in [-0.4, -0.2) is 43.4 Å². The Bertz CT molecular complexity index is 256. The summed E-state index contributed by atoms with van der Waals surface area (Å²) < 4.78 is 10.9. The smallest absolute Gasteiger partial charge is 0.239 e. The molecule has 0 aromatic rings. The maximum atomic E-state index is 11.5. The van der Waals surface area contributed by atoms with Crippen LogP contribution in [0.1, 0.15) is 33.6 Å². The van der Waals surface area contributed by atoms with E-state index in [0.29, 0.717) is 19.3 Å². The van der Waals surface area contributed by atoms with Crippen molar-refractivity contribution in [3.63, 3.8) is 0 Å². The summed E-state index contributed by atoms with van der Waals surface area (Å²) in [6.45, 7) is 7.15. The predicted octanol–water partition coefficient (Wildman–Crippen LogP) is 0.424. The monoisotopic (exact) mass is 244 g/mol. The molecular formula is C12H24N2O3. The molecule has 0 aliphatic heterocycles. The van der Waals surface area contributed by atoms with Gasteiger partial charge in [-0.15, -0.1) is 0 Å². The summed E-state index contributed by atoms with van der Waals surface area (Å²) in [5.74, 6) is -0.368. The molecule has 1 aliphatic carbocycles. The predicted molar refractivity (Wildman–Crippen MR) is 65.7 cm³/mol. The molecule has 0 saturated heterocycles. The average molecular weight is 244 g/mol. The molecule has 0 radical (unpaired) electrons. The van der Waals surface area contributed by atoms with E-state index in [2.05, 4.69) is 5.32 Å². The maximum Gasteiger partial charge on any atom is 0.239 e. The van der Waals surface area contributed by atoms with Crippen LogP contribution in [0.25, 0.3) is 0 Å². The van der Waals surface area contributed by atoms with Crippen LogP contribution in [0.2, 0.25) is 0 Å². The number of primary amides is 1. The van der Waals surface area contributed by atoms with Crippen LogP contribution in [0.5, 0.6) is 0 Å². The topological polar surface area (TPSA) is 73.6 Å². The van der Waals surface area contributed by atoms with E-state index in [4.69, 9.17) is 15.2 Å². The van der Waals surface area contributed by atoms with E-state index in [-0.39, 0.29) is 18.6 Å². The molecule has 3 N–H and O–H groups in total. The number of hydrogen-bond acceptors (Lipinski definition) is 4. The van der Waals surface area contributed by atoms with Gasteiger partial charge in [-0.25, -0.2) is 0 Å². The number of carbonyl (C=O) groups is 1. The molecule has 1 rings (SSSR count). The van der Waals surface area contributed by atoms with Gasteiger partial charge in [0.15, 0.2) is 0 Å². The minimum absolute atomic E-state index is 0.0328. The molecule has 1 amide bonds. The zero-order chi connectivity index (χ0) is 12.9. The van der Waals surface area contributed by atoms with Crippen molar-refractivity contribution < 1.29 is 14.3 Å². The molecule has 2 unspecified atom stereocenters. The molecule has 1 fully saturated rings. The second-order valence-electron chi connectivity index (χ2n) is 4.90. The van der Waals surface area contributed by atoms with Gasteiger partial charge in [0.25, 0.3) is 0 Å². The van der Waals surface area contributed by atoms with Crippen LogP contribution in [0, 0.1) is 0 Å². The van der Waals surface area contributed by atoms with Crippen molar-refractivity contribution in [3.05, 3.63) is 0 Å². The number of hydrogen-bond donors (Lipinski definition) is 2. The summed E-state index contributed by atoms with van der Waals surface area (Å²) >= 11 is 0. The third kappa shape index (κ3) is 5.02. The Morgan fingerprint density at radius 3 is 2.71 bits per heavy atom. The van der Waals surface area contributed by atoms with Gasteiger partial charge in [-0.1, -0.05) is 0 Å². The molecule has 1 saturated carbocycles. The summed E-state index contributed by atoms with van der Waals surface area (Å²) in [6.07, 6.45) is 2.18. The van der Waals surface area contributed by atoms with Gasteiger partial charge in [-0.2, -0.15) is 0 Å². The minimum atomic E-state index is -0.776. The lowest BCUT2D eigenvalue weighted by Gasteiger charge is -2.28. The highest BCUT2D eigenvalue weighted by Gasteiger charge is 2.37. The summed E-state index contributed by atoms with van der Waals surface area (Å²) in [7, 11) is 0. The van der Waals surface area contributed by atoms with Crippen LogP contribution in [0.3, 0.4) is 0 Å². The summed E-state index contributed by atoms with van der Waals surface area (Å²) in [5, 5.41) is 3.24. The van der Waals surface area contributed by atoms with Gasteiger partial charge in [0.1, 0.15) is 5.54 Å². The van der Waals surface area contributed by atoms with E-state index in [1.54, 1.807) is 6.92 Å². The van der Waals surface area contributed by atoms with Gasteiger partial charge >= 0.3 is 0 Å². The second kappa shape index (κ2) is 6.33. The fourth-order valence-electron chi connectivity index (χ4n) is 1.50. The first-order valence-corrected chi connectivity index (χ1v) is 6.25. The van der Waals surface area contributed by atoms with E-state index in [1.807, 2.05) is 13.8 Å². The molecule has 0 aromatic heterocycles. The molecular weight excluding hydrogens is 220 g/mol. The normalized spacial score (nSPS) is 20.9. The van der Waals surface area contributed by atoms with E-state index in [1.165, 1.54) is 0 Å². The van der Waals surface area contributed by atoms with Crippen molar-refractivity contribution in [3.8, 4) is 0 Å². The third-order valence-electron chi connectivity index (χ3n) is 2.86. The lowest BCUT2D eigenvalue weighted by molar-refractivity contribution is -0.128. The van der Waals surface area contributed by atoms with Crippen LogP contribution < -0.4 is 11.1 Å². The largest absolute Gasteiger partial charge is 0.379 e. The summed E-state index contributed by atoms with van der Waals surface area (Å²) in [6, 6.07) is 0.415. The van der Waals surface area contributed by atoms with Gasteiger partial charge in [0.2, 0.25) is 5.91 Å².